The van der Waals surface area contributed by atoms with Crippen LogP contribution in [0.3, 0.4) is 0 Å². The number of piperidine rings is 1. The first kappa shape index (κ1) is 17.3. The van der Waals surface area contributed by atoms with Crippen LogP contribution in [0.1, 0.15) is 40.8 Å². The van der Waals surface area contributed by atoms with E-state index in [4.69, 9.17) is 16.3 Å². The predicted octanol–water partition coefficient (Wildman–Crippen LogP) is 2.06. The van der Waals surface area contributed by atoms with E-state index in [-0.39, 0.29) is 5.91 Å². The number of methoxy groups -OCH3 is 1. The second-order valence-electron chi connectivity index (χ2n) is 6.71. The highest BCUT2D eigenvalue weighted by atomic mass is 35.5. The zero-order valence-corrected chi connectivity index (χ0v) is 15.5. The van der Waals surface area contributed by atoms with E-state index in [2.05, 4.69) is 20.1 Å². The third-order valence-corrected chi connectivity index (χ3v) is 5.43. The Kier molecular flexibility index (Phi) is 4.82. The molecule has 1 fully saturated rings. The van der Waals surface area contributed by atoms with E-state index in [9.17, 15) is 4.79 Å². The molecule has 1 aromatic heterocycles. The number of halogens is 1. The first-order chi connectivity index (χ1) is 12.7. The van der Waals surface area contributed by atoms with Crippen LogP contribution in [0.25, 0.3) is 0 Å². The second kappa shape index (κ2) is 7.25. The average molecular weight is 376 g/mol. The van der Waals surface area contributed by atoms with Gasteiger partial charge in [0.05, 0.1) is 19.2 Å². The number of nitrogens with zero attached hydrogens (tertiary/aromatic N) is 4. The fourth-order valence-electron chi connectivity index (χ4n) is 3.78. The molecule has 4 rings (SSSR count). The van der Waals surface area contributed by atoms with Gasteiger partial charge < -0.3 is 19.5 Å². The Morgan fingerprint density at radius 2 is 2.08 bits per heavy atom. The molecule has 8 heteroatoms. The Labute approximate surface area is 157 Å². The molecule has 2 aliphatic rings. The number of likely N-dealkylation sites (tertiary alicyclic amines) is 1. The van der Waals surface area contributed by atoms with Gasteiger partial charge in [-0.05, 0) is 31.0 Å². The van der Waals surface area contributed by atoms with Gasteiger partial charge in [0.1, 0.15) is 17.4 Å². The molecule has 1 saturated heterocycles. The Balaban J connectivity index is 1.46. The van der Waals surface area contributed by atoms with Crippen LogP contribution in [0.4, 0.5) is 0 Å². The lowest BCUT2D eigenvalue weighted by atomic mass is 9.95. The minimum absolute atomic E-state index is 0.0322. The summed E-state index contributed by atoms with van der Waals surface area (Å²) in [4.78, 5) is 14.8. The molecule has 3 heterocycles. The van der Waals surface area contributed by atoms with Crippen molar-refractivity contribution < 1.29 is 9.53 Å². The summed E-state index contributed by atoms with van der Waals surface area (Å²) >= 11 is 6.07. The third kappa shape index (κ3) is 3.17. The van der Waals surface area contributed by atoms with Crippen molar-refractivity contribution in [1.82, 2.24) is 25.0 Å². The quantitative estimate of drug-likeness (QED) is 0.889. The standard InChI is InChI=1S/C18H22ClN5O2/c1-26-15-3-2-13(19)10-14(15)18(25)23-7-4-12(5-8-23)17-22-21-16-11-20-6-9-24(16)17/h2-3,10,12,20H,4-9,11H2,1H3. The van der Waals surface area contributed by atoms with Gasteiger partial charge in [-0.3, -0.25) is 4.79 Å². The maximum atomic E-state index is 12.9. The Morgan fingerprint density at radius 3 is 2.85 bits per heavy atom. The maximum Gasteiger partial charge on any atom is 0.257 e. The lowest BCUT2D eigenvalue weighted by Gasteiger charge is -2.32. The molecule has 0 aliphatic carbocycles. The SMILES string of the molecule is COc1ccc(Cl)cc1C(=O)N1CCC(c2nnc3n2CCNC3)CC1. The van der Waals surface area contributed by atoms with Crippen LogP contribution in [-0.2, 0) is 13.1 Å². The lowest BCUT2D eigenvalue weighted by molar-refractivity contribution is 0.0706. The largest absolute Gasteiger partial charge is 0.496 e. The van der Waals surface area contributed by atoms with Gasteiger partial charge in [0.2, 0.25) is 0 Å². The highest BCUT2D eigenvalue weighted by Crippen LogP contribution is 2.30. The summed E-state index contributed by atoms with van der Waals surface area (Å²) in [6.07, 6.45) is 1.78. The molecular weight excluding hydrogens is 354 g/mol. The fraction of sp³-hybridized carbons (Fsp3) is 0.500. The van der Waals surface area contributed by atoms with Gasteiger partial charge in [-0.25, -0.2) is 0 Å². The summed E-state index contributed by atoms with van der Waals surface area (Å²) in [5, 5.41) is 12.6. The van der Waals surface area contributed by atoms with Crippen molar-refractivity contribution in [3.05, 3.63) is 40.4 Å². The highest BCUT2D eigenvalue weighted by Gasteiger charge is 2.30. The van der Waals surface area contributed by atoms with E-state index in [0.29, 0.717) is 35.3 Å². The number of aromatic nitrogens is 3. The molecule has 26 heavy (non-hydrogen) atoms. The molecule has 2 aliphatic heterocycles. The molecule has 0 unspecified atom stereocenters. The number of ether oxygens (including phenoxy) is 1. The maximum absolute atomic E-state index is 12.9. The molecule has 1 N–H and O–H groups in total. The van der Waals surface area contributed by atoms with Gasteiger partial charge in [-0.15, -0.1) is 10.2 Å². The predicted molar refractivity (Wildman–Crippen MR) is 97.6 cm³/mol. The van der Waals surface area contributed by atoms with E-state index in [1.807, 2.05) is 4.90 Å². The summed E-state index contributed by atoms with van der Waals surface area (Å²) in [5.74, 6) is 2.94. The zero-order valence-electron chi connectivity index (χ0n) is 14.7. The van der Waals surface area contributed by atoms with Gasteiger partial charge in [0.15, 0.2) is 0 Å². The third-order valence-electron chi connectivity index (χ3n) is 5.19. The van der Waals surface area contributed by atoms with Crippen molar-refractivity contribution >= 4 is 17.5 Å². The summed E-state index contributed by atoms with van der Waals surface area (Å²) in [6.45, 7) is 4.03. The van der Waals surface area contributed by atoms with Gasteiger partial charge >= 0.3 is 0 Å². The van der Waals surface area contributed by atoms with Crippen molar-refractivity contribution in [1.29, 1.82) is 0 Å². The molecular formula is C18H22ClN5O2. The van der Waals surface area contributed by atoms with Gasteiger partial charge in [-0.2, -0.15) is 0 Å². The molecule has 138 valence electrons. The Morgan fingerprint density at radius 1 is 1.27 bits per heavy atom. The number of hydrogen-bond donors (Lipinski definition) is 1. The number of rotatable bonds is 3. The summed E-state index contributed by atoms with van der Waals surface area (Å²) in [6, 6.07) is 5.14. The topological polar surface area (TPSA) is 72.3 Å². The molecule has 1 aromatic carbocycles. The zero-order chi connectivity index (χ0) is 18.1. The van der Waals surface area contributed by atoms with Crippen LogP contribution in [0.5, 0.6) is 5.75 Å². The fourth-order valence-corrected chi connectivity index (χ4v) is 3.95. The second-order valence-corrected chi connectivity index (χ2v) is 7.15. The van der Waals surface area contributed by atoms with Crippen LogP contribution in [0, 0.1) is 0 Å². The van der Waals surface area contributed by atoms with Crippen LogP contribution in [0.2, 0.25) is 5.02 Å². The molecule has 2 aromatic rings. The summed E-state index contributed by atoms with van der Waals surface area (Å²) in [7, 11) is 1.57. The summed E-state index contributed by atoms with van der Waals surface area (Å²) < 4.78 is 7.56. The highest BCUT2D eigenvalue weighted by molar-refractivity contribution is 6.31. The number of hydrogen-bond acceptors (Lipinski definition) is 5. The van der Waals surface area contributed by atoms with E-state index < -0.39 is 0 Å². The number of amides is 1. The normalized spacial score (nSPS) is 17.8. The lowest BCUT2D eigenvalue weighted by Crippen LogP contribution is -2.39. The molecule has 0 saturated carbocycles. The Hall–Kier alpha value is -2.12. The minimum Gasteiger partial charge on any atom is -0.496 e. The molecule has 0 spiro atoms. The molecule has 0 atom stereocenters. The Bertz CT molecular complexity index is 814. The van der Waals surface area contributed by atoms with Crippen LogP contribution < -0.4 is 10.1 Å². The number of nitrogens with one attached hydrogen (secondary N) is 1. The van der Waals surface area contributed by atoms with Crippen molar-refractivity contribution in [2.24, 2.45) is 0 Å². The first-order valence-electron chi connectivity index (χ1n) is 8.93. The minimum atomic E-state index is -0.0322. The first-order valence-corrected chi connectivity index (χ1v) is 9.30. The van der Waals surface area contributed by atoms with Crippen LogP contribution in [0.15, 0.2) is 18.2 Å². The molecule has 1 amide bonds. The van der Waals surface area contributed by atoms with Crippen LogP contribution >= 0.6 is 11.6 Å². The van der Waals surface area contributed by atoms with E-state index in [1.54, 1.807) is 25.3 Å². The number of fused-ring (bicyclic) bond motifs is 1. The van der Waals surface area contributed by atoms with Gasteiger partial charge in [0.25, 0.3) is 5.91 Å². The number of benzene rings is 1. The molecule has 7 nitrogen and oxygen atoms in total. The van der Waals surface area contributed by atoms with Crippen LogP contribution in [-0.4, -0.2) is 52.3 Å². The summed E-state index contributed by atoms with van der Waals surface area (Å²) in [5.41, 5.74) is 0.518. The number of carbonyl (C=O) groups excluding carboxylic acids is 1. The van der Waals surface area contributed by atoms with Gasteiger partial charge in [-0.1, -0.05) is 11.6 Å². The monoisotopic (exact) mass is 375 g/mol. The smallest absolute Gasteiger partial charge is 0.257 e. The van der Waals surface area contributed by atoms with Crippen molar-refractivity contribution in [3.63, 3.8) is 0 Å². The number of carbonyl (C=O) groups is 1. The van der Waals surface area contributed by atoms with E-state index in [1.165, 1.54) is 0 Å². The van der Waals surface area contributed by atoms with Gasteiger partial charge in [0, 0.05) is 37.1 Å². The van der Waals surface area contributed by atoms with Crippen molar-refractivity contribution in [2.45, 2.75) is 31.8 Å². The van der Waals surface area contributed by atoms with Crippen molar-refractivity contribution in [2.75, 3.05) is 26.7 Å². The molecule has 0 radical (unpaired) electrons. The van der Waals surface area contributed by atoms with E-state index in [0.717, 1.165) is 44.1 Å². The van der Waals surface area contributed by atoms with Crippen molar-refractivity contribution in [3.8, 4) is 5.75 Å². The van der Waals surface area contributed by atoms with E-state index >= 15 is 0 Å². The average Bonchev–Trinajstić information content (AvgIpc) is 3.11. The molecule has 0 bridgehead atoms.